The Morgan fingerprint density at radius 3 is 2.67 bits per heavy atom. The van der Waals surface area contributed by atoms with Crippen LogP contribution in [0.5, 0.6) is 0 Å². The van der Waals surface area contributed by atoms with E-state index in [-0.39, 0.29) is 11.8 Å². The number of nitrogens with zero attached hydrogens (tertiary/aromatic N) is 5. The summed E-state index contributed by atoms with van der Waals surface area (Å²) in [4.78, 5) is 31.2. The van der Waals surface area contributed by atoms with Crippen molar-refractivity contribution in [1.29, 1.82) is 0 Å². The predicted octanol–water partition coefficient (Wildman–Crippen LogP) is 2.35. The van der Waals surface area contributed by atoms with E-state index in [1.165, 1.54) is 0 Å². The molecule has 2 aromatic heterocycles. The lowest BCUT2D eigenvalue weighted by Crippen LogP contribution is -2.37. The molecule has 0 aromatic carbocycles. The number of aryl methyl sites for hydroxylation is 2. The molecule has 0 saturated carbocycles. The molecule has 7 heteroatoms. The maximum atomic E-state index is 11.6. The Balaban J connectivity index is 1.77. The Morgan fingerprint density at radius 2 is 1.96 bits per heavy atom. The van der Waals surface area contributed by atoms with E-state index in [9.17, 15) is 4.79 Å². The molecular weight excluding hydrogens is 304 g/mol. The molecule has 1 saturated heterocycles. The topological polar surface area (TPSA) is 83.9 Å². The SMILES string of the molecule is CC(=O)N1CCC[C@@H](c2cncc(Nc3nc(C)cc(C)n3)n2)C1. The summed E-state index contributed by atoms with van der Waals surface area (Å²) < 4.78 is 0. The Labute approximate surface area is 141 Å². The van der Waals surface area contributed by atoms with E-state index in [0.717, 1.165) is 36.5 Å². The zero-order valence-corrected chi connectivity index (χ0v) is 14.3. The lowest BCUT2D eigenvalue weighted by Gasteiger charge is -2.31. The van der Waals surface area contributed by atoms with Crippen molar-refractivity contribution in [2.75, 3.05) is 18.4 Å². The van der Waals surface area contributed by atoms with Crippen molar-refractivity contribution in [3.8, 4) is 0 Å². The van der Waals surface area contributed by atoms with Gasteiger partial charge in [0, 0.05) is 43.5 Å². The van der Waals surface area contributed by atoms with Crippen molar-refractivity contribution in [2.24, 2.45) is 0 Å². The number of anilines is 2. The standard InChI is InChI=1S/C17H22N6O/c1-11-7-12(2)20-17(19-11)22-16-9-18-8-15(21-16)14-5-4-6-23(10-14)13(3)24/h7-9,14H,4-6,10H2,1-3H3,(H,19,20,21,22)/t14-/m1/s1. The summed E-state index contributed by atoms with van der Waals surface area (Å²) in [6, 6.07) is 1.92. The largest absolute Gasteiger partial charge is 0.342 e. The highest BCUT2D eigenvalue weighted by atomic mass is 16.2. The van der Waals surface area contributed by atoms with Crippen LogP contribution in [0.2, 0.25) is 0 Å². The number of amides is 1. The number of carbonyl (C=O) groups excluding carboxylic acids is 1. The van der Waals surface area contributed by atoms with Crippen molar-refractivity contribution in [1.82, 2.24) is 24.8 Å². The fourth-order valence-corrected chi connectivity index (χ4v) is 3.04. The second-order valence-corrected chi connectivity index (χ2v) is 6.23. The lowest BCUT2D eigenvalue weighted by atomic mass is 9.95. The zero-order valence-electron chi connectivity index (χ0n) is 14.3. The molecule has 1 fully saturated rings. The molecule has 0 aliphatic carbocycles. The summed E-state index contributed by atoms with van der Waals surface area (Å²) in [6.45, 7) is 7.01. The monoisotopic (exact) mass is 326 g/mol. The van der Waals surface area contributed by atoms with Crippen LogP contribution in [0, 0.1) is 13.8 Å². The van der Waals surface area contributed by atoms with Crippen LogP contribution >= 0.6 is 0 Å². The molecule has 1 amide bonds. The van der Waals surface area contributed by atoms with Gasteiger partial charge in [-0.05, 0) is 32.8 Å². The van der Waals surface area contributed by atoms with Gasteiger partial charge in [0.05, 0.1) is 11.9 Å². The first kappa shape index (κ1) is 16.3. The number of hydrogen-bond donors (Lipinski definition) is 1. The smallest absolute Gasteiger partial charge is 0.228 e. The van der Waals surface area contributed by atoms with E-state index < -0.39 is 0 Å². The van der Waals surface area contributed by atoms with E-state index in [4.69, 9.17) is 0 Å². The first-order valence-corrected chi connectivity index (χ1v) is 8.18. The van der Waals surface area contributed by atoms with Gasteiger partial charge in [0.15, 0.2) is 5.82 Å². The number of aromatic nitrogens is 4. The van der Waals surface area contributed by atoms with Crippen LogP contribution in [0.15, 0.2) is 18.5 Å². The molecule has 24 heavy (non-hydrogen) atoms. The first-order valence-electron chi connectivity index (χ1n) is 8.18. The third kappa shape index (κ3) is 3.84. The van der Waals surface area contributed by atoms with Gasteiger partial charge in [0.1, 0.15) is 0 Å². The van der Waals surface area contributed by atoms with Gasteiger partial charge >= 0.3 is 0 Å². The molecule has 1 aliphatic rings. The first-order chi connectivity index (χ1) is 11.5. The molecule has 0 spiro atoms. The average Bonchev–Trinajstić information content (AvgIpc) is 2.54. The van der Waals surface area contributed by atoms with Crippen LogP contribution in [0.4, 0.5) is 11.8 Å². The summed E-state index contributed by atoms with van der Waals surface area (Å²) in [5.41, 5.74) is 2.70. The van der Waals surface area contributed by atoms with Crippen LogP contribution in [0.1, 0.15) is 42.8 Å². The molecule has 7 nitrogen and oxygen atoms in total. The Hall–Kier alpha value is -2.57. The van der Waals surface area contributed by atoms with Crippen molar-refractivity contribution in [2.45, 2.75) is 39.5 Å². The van der Waals surface area contributed by atoms with Crippen molar-refractivity contribution < 1.29 is 4.79 Å². The predicted molar refractivity (Wildman–Crippen MR) is 91.0 cm³/mol. The minimum absolute atomic E-state index is 0.116. The van der Waals surface area contributed by atoms with Gasteiger partial charge in [0.25, 0.3) is 0 Å². The maximum absolute atomic E-state index is 11.6. The molecule has 3 rings (SSSR count). The van der Waals surface area contributed by atoms with Gasteiger partial charge in [-0.2, -0.15) is 0 Å². The Bertz CT molecular complexity index is 727. The summed E-state index contributed by atoms with van der Waals surface area (Å²) in [6.07, 6.45) is 5.45. The molecule has 3 heterocycles. The van der Waals surface area contributed by atoms with Crippen LogP contribution in [-0.2, 0) is 4.79 Å². The van der Waals surface area contributed by atoms with E-state index in [1.54, 1.807) is 19.3 Å². The van der Waals surface area contributed by atoms with Crippen LogP contribution < -0.4 is 5.32 Å². The summed E-state index contributed by atoms with van der Waals surface area (Å²) in [5, 5.41) is 3.12. The van der Waals surface area contributed by atoms with Crippen molar-refractivity contribution >= 4 is 17.7 Å². The number of carbonyl (C=O) groups is 1. The fourth-order valence-electron chi connectivity index (χ4n) is 3.04. The van der Waals surface area contributed by atoms with E-state index in [2.05, 4.69) is 25.3 Å². The van der Waals surface area contributed by atoms with Crippen molar-refractivity contribution in [3.05, 3.63) is 35.5 Å². The van der Waals surface area contributed by atoms with E-state index in [0.29, 0.717) is 18.3 Å². The van der Waals surface area contributed by atoms with Gasteiger partial charge in [-0.25, -0.2) is 15.0 Å². The summed E-state index contributed by atoms with van der Waals surface area (Å²) >= 11 is 0. The average molecular weight is 326 g/mol. The van der Waals surface area contributed by atoms with Gasteiger partial charge in [-0.15, -0.1) is 0 Å². The molecule has 1 atom stereocenters. The minimum Gasteiger partial charge on any atom is -0.342 e. The third-order valence-electron chi connectivity index (χ3n) is 4.16. The maximum Gasteiger partial charge on any atom is 0.228 e. The minimum atomic E-state index is 0.116. The van der Waals surface area contributed by atoms with Gasteiger partial charge in [-0.3, -0.25) is 9.78 Å². The molecule has 0 unspecified atom stereocenters. The molecule has 0 radical (unpaired) electrons. The third-order valence-corrected chi connectivity index (χ3v) is 4.16. The molecule has 126 valence electrons. The molecule has 2 aromatic rings. The quantitative estimate of drug-likeness (QED) is 0.932. The van der Waals surface area contributed by atoms with Crippen molar-refractivity contribution in [3.63, 3.8) is 0 Å². The Kier molecular flexibility index (Phi) is 4.69. The zero-order chi connectivity index (χ0) is 17.1. The number of nitrogens with one attached hydrogen (secondary N) is 1. The van der Waals surface area contributed by atoms with Gasteiger partial charge in [0.2, 0.25) is 11.9 Å². The fraction of sp³-hybridized carbons (Fsp3) is 0.471. The van der Waals surface area contributed by atoms with Gasteiger partial charge < -0.3 is 10.2 Å². The number of piperidine rings is 1. The highest BCUT2D eigenvalue weighted by Crippen LogP contribution is 2.26. The molecule has 0 bridgehead atoms. The van der Waals surface area contributed by atoms with Crippen LogP contribution in [-0.4, -0.2) is 43.8 Å². The highest BCUT2D eigenvalue weighted by Gasteiger charge is 2.24. The second-order valence-electron chi connectivity index (χ2n) is 6.23. The van der Waals surface area contributed by atoms with Crippen LogP contribution in [0.3, 0.4) is 0 Å². The summed E-state index contributed by atoms with van der Waals surface area (Å²) in [5.74, 6) is 1.48. The normalized spacial score (nSPS) is 17.6. The number of likely N-dealkylation sites (tertiary alicyclic amines) is 1. The highest BCUT2D eigenvalue weighted by molar-refractivity contribution is 5.73. The van der Waals surface area contributed by atoms with E-state index in [1.807, 2.05) is 24.8 Å². The number of rotatable bonds is 3. The van der Waals surface area contributed by atoms with E-state index >= 15 is 0 Å². The lowest BCUT2D eigenvalue weighted by molar-refractivity contribution is -0.130. The van der Waals surface area contributed by atoms with Crippen LogP contribution in [0.25, 0.3) is 0 Å². The molecule has 1 aliphatic heterocycles. The number of hydrogen-bond acceptors (Lipinski definition) is 6. The Morgan fingerprint density at radius 1 is 1.21 bits per heavy atom. The summed E-state index contributed by atoms with van der Waals surface area (Å²) in [7, 11) is 0. The second kappa shape index (κ2) is 6.90. The molecule has 1 N–H and O–H groups in total. The molecular formula is C17H22N6O. The van der Waals surface area contributed by atoms with Gasteiger partial charge in [-0.1, -0.05) is 0 Å².